The van der Waals surface area contributed by atoms with Crippen molar-refractivity contribution in [3.05, 3.63) is 260 Å². The van der Waals surface area contributed by atoms with Crippen LogP contribution in [0.2, 0.25) is 0 Å². The van der Waals surface area contributed by atoms with Crippen LogP contribution in [0.5, 0.6) is 34.5 Å². The molecule has 8 aliphatic heterocycles. The summed E-state index contributed by atoms with van der Waals surface area (Å²) in [6.45, 7) is 5.79. The van der Waals surface area contributed by atoms with Gasteiger partial charge in [-0.2, -0.15) is 0 Å². The fraction of sp³-hybridized carbons (Fsp3) is 0.263. The normalized spacial score (nSPS) is 16.9. The summed E-state index contributed by atoms with van der Waals surface area (Å²) in [7, 11) is 8.40. The summed E-state index contributed by atoms with van der Waals surface area (Å²) < 4.78 is 42.2. The molecule has 0 fully saturated rings. The second kappa shape index (κ2) is 33.0. The number of hydrogen-bond acceptors (Lipinski definition) is 19. The first-order valence-electron chi connectivity index (χ1n) is 39.9. The van der Waals surface area contributed by atoms with Crippen molar-refractivity contribution in [2.75, 3.05) is 77.9 Å². The lowest BCUT2D eigenvalue weighted by atomic mass is 10.1. The molecule has 24 nitrogen and oxygen atoms in total. The highest BCUT2D eigenvalue weighted by atomic mass is 16.5. The molecule has 0 saturated heterocycles. The second-order valence-electron chi connectivity index (χ2n) is 30.9. The molecule has 4 atom stereocenters. The SMILES string of the molecule is COC(=O)CCCN(C)c1cc(COc2cc3c(cc2C)C(=O)N2c4ccccc4C[C@H]2C=N3)cc(COc2cc3c(cc2OC)C(=O)N2c4ccccc4C[C@H]2C=N3)c1.COc1cc2c(cc1OCc1cc(COc3cc4c(cc3C)C(=O)N3c5ccccc5C[C@H]3C=N4)cc(N(C)CCCC(=O)O)c1)N=C[C@@H]1Cc3ccccc3N1C2=O. The van der Waals surface area contributed by atoms with Gasteiger partial charge in [-0.05, 0) is 167 Å². The molecular formula is C95H88N10O14. The number of para-hydroxylation sites is 4. The van der Waals surface area contributed by atoms with Crippen molar-refractivity contribution in [2.24, 2.45) is 20.0 Å². The fourth-order valence-electron chi connectivity index (χ4n) is 17.0. The van der Waals surface area contributed by atoms with Gasteiger partial charge in [-0.25, -0.2) is 0 Å². The zero-order valence-electron chi connectivity index (χ0n) is 67.1. The van der Waals surface area contributed by atoms with Crippen molar-refractivity contribution < 1.29 is 67.0 Å². The van der Waals surface area contributed by atoms with Crippen LogP contribution in [0.1, 0.15) is 123 Å². The Morgan fingerprint density at radius 3 is 0.992 bits per heavy atom. The predicted molar refractivity (Wildman–Crippen MR) is 459 cm³/mol. The lowest BCUT2D eigenvalue weighted by molar-refractivity contribution is -0.140. The number of rotatable bonds is 24. The van der Waals surface area contributed by atoms with E-state index < -0.39 is 5.97 Å². The van der Waals surface area contributed by atoms with Crippen LogP contribution in [0.25, 0.3) is 0 Å². The van der Waals surface area contributed by atoms with Gasteiger partial charge in [0.2, 0.25) is 0 Å². The van der Waals surface area contributed by atoms with E-state index in [-0.39, 0.29) is 86.6 Å². The number of esters is 1. The maximum absolute atomic E-state index is 14.0. The number of methoxy groups -OCH3 is 3. The van der Waals surface area contributed by atoms with E-state index >= 15 is 0 Å². The van der Waals surface area contributed by atoms with Gasteiger partial charge < -0.3 is 48.1 Å². The van der Waals surface area contributed by atoms with Gasteiger partial charge in [0.05, 0.1) is 90.5 Å². The van der Waals surface area contributed by atoms with E-state index in [1.54, 1.807) is 43.4 Å². The molecule has 8 heterocycles. The molecule has 10 aromatic carbocycles. The van der Waals surface area contributed by atoms with Gasteiger partial charge in [-0.1, -0.05) is 72.8 Å². The molecule has 119 heavy (non-hydrogen) atoms. The van der Waals surface area contributed by atoms with Crippen molar-refractivity contribution in [1.29, 1.82) is 0 Å². The number of aliphatic carboxylic acids is 1. The maximum atomic E-state index is 14.0. The third-order valence-corrected chi connectivity index (χ3v) is 23.1. The van der Waals surface area contributed by atoms with Crippen LogP contribution >= 0.6 is 0 Å². The van der Waals surface area contributed by atoms with E-state index in [4.69, 9.17) is 53.1 Å². The Balaban J connectivity index is 0.000000170. The number of aryl methyl sites for hydroxylation is 2. The Morgan fingerprint density at radius 2 is 0.681 bits per heavy atom. The van der Waals surface area contributed by atoms with E-state index in [1.165, 1.54) is 7.11 Å². The number of carbonyl (C=O) groups is 6. The zero-order valence-corrected chi connectivity index (χ0v) is 67.1. The number of amides is 4. The molecular weight excluding hydrogens is 1510 g/mol. The number of carboxylic acids is 1. The van der Waals surface area contributed by atoms with Crippen LogP contribution in [-0.2, 0) is 66.4 Å². The Labute approximate surface area is 688 Å². The van der Waals surface area contributed by atoms with E-state index in [2.05, 4.69) is 23.1 Å². The summed E-state index contributed by atoms with van der Waals surface area (Å²) in [6.07, 6.45) is 11.7. The molecule has 4 amide bonds. The first kappa shape index (κ1) is 77.7. The average Bonchev–Trinajstić information content (AvgIpc) is 1.63. The highest BCUT2D eigenvalue weighted by Gasteiger charge is 2.41. The van der Waals surface area contributed by atoms with Crippen molar-refractivity contribution in [1.82, 2.24) is 0 Å². The minimum absolute atomic E-state index is 0.0604. The summed E-state index contributed by atoms with van der Waals surface area (Å²) >= 11 is 0. The van der Waals surface area contributed by atoms with Gasteiger partial charge in [0, 0.05) is 149 Å². The van der Waals surface area contributed by atoms with Crippen molar-refractivity contribution in [3.63, 3.8) is 0 Å². The zero-order chi connectivity index (χ0) is 82.3. The monoisotopic (exact) mass is 1590 g/mol. The standard InChI is InChI=1S/C48H45N5O7.C47H43N5O7/c1-29-16-37-39(49-25-35-20-32-10-5-7-12-41(32)52(35)47(37)55)23-43(29)59-27-30-17-31(19-34(18-30)51(2)15-9-14-46(54)58-4)28-60-45-24-40-38(22-44(45)57-3)48(56)53-36(26-50-40)21-33-11-6-8-13-42(33)53;1-28-15-36-38(48-24-34-19-31-9-4-6-11-40(31)51(34)46(36)55)22-42(28)58-26-29-16-30(18-33(17-29)50(2)14-8-13-45(53)54)27-59-44-23-39-37(21-43(44)57-3)47(56)52-35(25-49-39)20-32-10-5-7-12-41(32)52/h5-8,10-13,16-19,22-26,35-36H,9,14-15,20-21,27-28H2,1-4H3;4-7,9-12,15-18,21-25,34-35H,8,13-14,19-20,26-27H2,1-3H3,(H,53,54)/t35-,36-;34-,35-/m00/s1. The number of aliphatic imine (C=N–C) groups is 4. The van der Waals surface area contributed by atoms with Crippen molar-refractivity contribution in [3.8, 4) is 34.5 Å². The smallest absolute Gasteiger partial charge is 0.305 e. The molecule has 24 heteroatoms. The minimum atomic E-state index is -0.840. The number of carbonyl (C=O) groups excluding carboxylic acids is 5. The Kier molecular flexibility index (Phi) is 21.5. The Bertz CT molecular complexity index is 5900. The second-order valence-corrected chi connectivity index (χ2v) is 30.9. The summed E-state index contributed by atoms with van der Waals surface area (Å²) in [4.78, 5) is 109. The lowest BCUT2D eigenvalue weighted by Crippen LogP contribution is -2.37. The molecule has 8 aliphatic rings. The molecule has 0 saturated carbocycles. The first-order valence-corrected chi connectivity index (χ1v) is 39.9. The summed E-state index contributed by atoms with van der Waals surface area (Å²) in [5, 5.41) is 9.25. The van der Waals surface area contributed by atoms with Crippen LogP contribution in [0.4, 0.5) is 56.9 Å². The van der Waals surface area contributed by atoms with Gasteiger partial charge in [-0.3, -0.25) is 68.3 Å². The maximum Gasteiger partial charge on any atom is 0.305 e. The van der Waals surface area contributed by atoms with Crippen molar-refractivity contribution >= 4 is 117 Å². The van der Waals surface area contributed by atoms with Gasteiger partial charge in [-0.15, -0.1) is 0 Å². The molecule has 18 rings (SSSR count). The number of anilines is 6. The average molecular weight is 1590 g/mol. The van der Waals surface area contributed by atoms with E-state index in [0.717, 1.165) is 103 Å². The highest BCUT2D eigenvalue weighted by molar-refractivity contribution is 6.18. The summed E-state index contributed by atoms with van der Waals surface area (Å²) in [6, 6.07) is 57.7. The highest BCUT2D eigenvalue weighted by Crippen LogP contribution is 2.46. The lowest BCUT2D eigenvalue weighted by Gasteiger charge is -2.23. The molecule has 1 N–H and O–H groups in total. The molecule has 10 aromatic rings. The fourth-order valence-corrected chi connectivity index (χ4v) is 17.0. The third-order valence-electron chi connectivity index (χ3n) is 23.1. The van der Waals surface area contributed by atoms with Gasteiger partial charge in [0.15, 0.2) is 23.0 Å². The number of ether oxygens (including phenoxy) is 7. The number of carboxylic acid groups (broad SMARTS) is 1. The van der Waals surface area contributed by atoms with Gasteiger partial charge in [0.25, 0.3) is 23.6 Å². The largest absolute Gasteiger partial charge is 0.493 e. The number of hydrogen-bond donors (Lipinski definition) is 1. The van der Waals surface area contributed by atoms with Crippen LogP contribution in [0.15, 0.2) is 202 Å². The van der Waals surface area contributed by atoms with E-state index in [0.29, 0.717) is 125 Å². The van der Waals surface area contributed by atoms with Crippen molar-refractivity contribution in [2.45, 2.75) is 116 Å². The molecule has 0 spiro atoms. The molecule has 0 aromatic heterocycles. The van der Waals surface area contributed by atoms with Crippen LogP contribution in [0.3, 0.4) is 0 Å². The molecule has 0 aliphatic carbocycles. The minimum Gasteiger partial charge on any atom is -0.493 e. The third kappa shape index (κ3) is 15.6. The predicted octanol–water partition coefficient (Wildman–Crippen LogP) is 16.2. The number of nitrogens with zero attached hydrogens (tertiary/aromatic N) is 10. The van der Waals surface area contributed by atoms with Gasteiger partial charge in [0.1, 0.15) is 37.9 Å². The topological polar surface area (TPSA) is 256 Å². The van der Waals surface area contributed by atoms with Crippen LogP contribution < -0.4 is 57.8 Å². The van der Waals surface area contributed by atoms with Gasteiger partial charge >= 0.3 is 11.9 Å². The molecule has 0 unspecified atom stereocenters. The van der Waals surface area contributed by atoms with E-state index in [1.807, 2.05) is 212 Å². The van der Waals surface area contributed by atoms with Crippen LogP contribution in [-0.4, -0.2) is 138 Å². The van der Waals surface area contributed by atoms with Crippen LogP contribution in [0, 0.1) is 13.8 Å². The van der Waals surface area contributed by atoms with E-state index in [9.17, 15) is 33.9 Å². The summed E-state index contributed by atoms with van der Waals surface area (Å²) in [5.41, 5.74) is 19.1. The molecule has 602 valence electrons. The number of benzene rings is 10. The molecule has 0 radical (unpaired) electrons. The Hall–Kier alpha value is -13.9. The molecule has 0 bridgehead atoms. The summed E-state index contributed by atoms with van der Waals surface area (Å²) in [5.74, 6) is 1.45. The first-order chi connectivity index (χ1) is 57.8. The Morgan fingerprint density at radius 1 is 0.387 bits per heavy atom. The number of fused-ring (bicyclic) bond motifs is 16. The quantitative estimate of drug-likeness (QED) is 0.0552.